The molecule has 0 bridgehead atoms. The number of carbonyl (C=O) groups is 1. The molecular formula is C46H85NO18. The molecule has 0 aromatic carbocycles. The van der Waals surface area contributed by atoms with E-state index in [1.165, 1.54) is 32.1 Å². The minimum absolute atomic E-state index is 0.257. The lowest BCUT2D eigenvalue weighted by atomic mass is 9.96. The van der Waals surface area contributed by atoms with Crippen LogP contribution < -0.4 is 5.32 Å². The minimum atomic E-state index is -1.97. The zero-order chi connectivity index (χ0) is 47.7. The van der Waals surface area contributed by atoms with Crippen LogP contribution in [0, 0.1) is 0 Å². The molecule has 0 aliphatic carbocycles. The van der Waals surface area contributed by atoms with Crippen LogP contribution in [-0.4, -0.2) is 193 Å². The molecule has 3 rings (SSSR count). The van der Waals surface area contributed by atoms with Crippen molar-refractivity contribution in [1.29, 1.82) is 0 Å². The zero-order valence-corrected chi connectivity index (χ0v) is 38.7. The second kappa shape index (κ2) is 32.4. The molecule has 3 aliphatic rings. The van der Waals surface area contributed by atoms with Crippen LogP contribution in [0.3, 0.4) is 0 Å². The van der Waals surface area contributed by atoms with Crippen molar-refractivity contribution < 1.29 is 89.4 Å². The third-order valence-corrected chi connectivity index (χ3v) is 12.6. The summed E-state index contributed by atoms with van der Waals surface area (Å²) >= 11 is 0. The van der Waals surface area contributed by atoms with E-state index < -0.39 is 124 Å². The van der Waals surface area contributed by atoms with Crippen LogP contribution in [0.4, 0.5) is 0 Å². The number of hydrogen-bond donors (Lipinski definition) is 12. The standard InChI is InChI=1S/C46H85NO18/c1-3-5-7-9-11-12-13-14-15-16-17-18-20-22-24-34(52)47-29(30(51)23-21-19-10-8-6-4-2)28-60-44-40(58)37(55)42(32(26-49)62-44)65-46-41(59)38(56)43(33(27-50)63-46)64-45-39(57)36(54)35(53)31(25-48)61-45/h13-14,29-33,35-46,48-51,53-59H,3-12,15-28H2,1-2H3,(H,47,52)/b14-13-. The smallest absolute Gasteiger partial charge is 0.220 e. The van der Waals surface area contributed by atoms with Gasteiger partial charge in [0.05, 0.1) is 38.6 Å². The van der Waals surface area contributed by atoms with Gasteiger partial charge in [-0.2, -0.15) is 0 Å². The van der Waals surface area contributed by atoms with E-state index in [0.29, 0.717) is 12.8 Å². The number of rotatable bonds is 33. The highest BCUT2D eigenvalue weighted by molar-refractivity contribution is 5.76. The number of nitrogens with one attached hydrogen (secondary N) is 1. The fraction of sp³-hybridized carbons (Fsp3) is 0.935. The van der Waals surface area contributed by atoms with Crippen LogP contribution >= 0.6 is 0 Å². The fourth-order valence-electron chi connectivity index (χ4n) is 8.42. The molecule has 3 saturated heterocycles. The third-order valence-electron chi connectivity index (χ3n) is 12.6. The second-order valence-corrected chi connectivity index (χ2v) is 17.9. The van der Waals surface area contributed by atoms with Crippen LogP contribution in [0.25, 0.3) is 0 Å². The van der Waals surface area contributed by atoms with Crippen LogP contribution in [-0.2, 0) is 33.2 Å². The quantitative estimate of drug-likeness (QED) is 0.0318. The van der Waals surface area contributed by atoms with Crippen molar-refractivity contribution in [3.8, 4) is 0 Å². The summed E-state index contributed by atoms with van der Waals surface area (Å²) in [6, 6.07) is -0.883. The first-order valence-corrected chi connectivity index (χ1v) is 24.4. The summed E-state index contributed by atoms with van der Waals surface area (Å²) in [4.78, 5) is 13.1. The molecule has 0 saturated carbocycles. The van der Waals surface area contributed by atoms with Gasteiger partial charge >= 0.3 is 0 Å². The molecule has 3 fully saturated rings. The van der Waals surface area contributed by atoms with E-state index in [1.807, 2.05) is 0 Å². The van der Waals surface area contributed by atoms with Gasteiger partial charge < -0.3 is 89.9 Å². The van der Waals surface area contributed by atoms with Crippen LogP contribution in [0.2, 0.25) is 0 Å². The number of allylic oxidation sites excluding steroid dienone is 2. The van der Waals surface area contributed by atoms with E-state index in [0.717, 1.165) is 77.0 Å². The average Bonchev–Trinajstić information content (AvgIpc) is 3.30. The van der Waals surface area contributed by atoms with Crippen LogP contribution in [0.1, 0.15) is 142 Å². The van der Waals surface area contributed by atoms with Crippen molar-refractivity contribution in [1.82, 2.24) is 5.32 Å². The Balaban J connectivity index is 1.54. The Hall–Kier alpha value is -1.47. The fourth-order valence-corrected chi connectivity index (χ4v) is 8.42. The molecule has 65 heavy (non-hydrogen) atoms. The zero-order valence-electron chi connectivity index (χ0n) is 38.7. The van der Waals surface area contributed by atoms with E-state index in [2.05, 4.69) is 31.3 Å². The van der Waals surface area contributed by atoms with E-state index in [4.69, 9.17) is 28.4 Å². The number of aliphatic hydroxyl groups excluding tert-OH is 11. The Labute approximate surface area is 385 Å². The number of carbonyl (C=O) groups excluding carboxylic acids is 1. The number of aliphatic hydroxyl groups is 11. The summed E-state index contributed by atoms with van der Waals surface area (Å²) in [6.07, 6.45) is -1.96. The molecule has 0 spiro atoms. The minimum Gasteiger partial charge on any atom is -0.394 e. The molecule has 0 aromatic heterocycles. The summed E-state index contributed by atoms with van der Waals surface area (Å²) in [5.41, 5.74) is 0. The Kier molecular flexibility index (Phi) is 28.8. The SMILES string of the molecule is CCCCCCC/C=C\CCCCCCCC(=O)NC(COC1OC(CO)C(OC2OC(CO)C(OC3OC(CO)C(O)C(O)C3O)C(O)C2O)C(O)C1O)C(O)CCCCCCCC. The van der Waals surface area contributed by atoms with Crippen LogP contribution in [0.5, 0.6) is 0 Å². The summed E-state index contributed by atoms with van der Waals surface area (Å²) in [5, 5.41) is 119. The molecule has 19 nitrogen and oxygen atoms in total. The summed E-state index contributed by atoms with van der Waals surface area (Å²) < 4.78 is 34.0. The molecule has 0 radical (unpaired) electrons. The van der Waals surface area contributed by atoms with Gasteiger partial charge in [0.15, 0.2) is 18.9 Å². The Morgan fingerprint density at radius 1 is 0.538 bits per heavy atom. The monoisotopic (exact) mass is 940 g/mol. The Bertz CT molecular complexity index is 1260. The summed E-state index contributed by atoms with van der Waals surface area (Å²) in [7, 11) is 0. The van der Waals surface area contributed by atoms with Gasteiger partial charge in [0, 0.05) is 6.42 Å². The number of hydrogen-bond acceptors (Lipinski definition) is 18. The van der Waals surface area contributed by atoms with Gasteiger partial charge in [-0.05, 0) is 38.5 Å². The predicted molar refractivity (Wildman–Crippen MR) is 236 cm³/mol. The van der Waals surface area contributed by atoms with Gasteiger partial charge in [-0.25, -0.2) is 0 Å². The lowest BCUT2D eigenvalue weighted by molar-refractivity contribution is -0.379. The van der Waals surface area contributed by atoms with Gasteiger partial charge in [0.2, 0.25) is 5.91 Å². The molecule has 382 valence electrons. The largest absolute Gasteiger partial charge is 0.394 e. The molecule has 19 heteroatoms. The lowest BCUT2D eigenvalue weighted by Gasteiger charge is -2.48. The Morgan fingerprint density at radius 2 is 0.969 bits per heavy atom. The maximum atomic E-state index is 13.1. The van der Waals surface area contributed by atoms with E-state index in [1.54, 1.807) is 0 Å². The summed E-state index contributed by atoms with van der Waals surface area (Å²) in [5.74, 6) is -0.260. The first kappa shape index (κ1) is 57.8. The van der Waals surface area contributed by atoms with E-state index in [-0.39, 0.29) is 18.9 Å². The average molecular weight is 940 g/mol. The molecule has 3 heterocycles. The second-order valence-electron chi connectivity index (χ2n) is 17.9. The van der Waals surface area contributed by atoms with Crippen molar-refractivity contribution in [2.24, 2.45) is 0 Å². The predicted octanol–water partition coefficient (Wildman–Crippen LogP) is 0.695. The number of amides is 1. The van der Waals surface area contributed by atoms with Crippen LogP contribution in [0.15, 0.2) is 12.2 Å². The van der Waals surface area contributed by atoms with Gasteiger partial charge in [-0.15, -0.1) is 0 Å². The molecule has 1 amide bonds. The van der Waals surface area contributed by atoms with E-state index >= 15 is 0 Å². The van der Waals surface area contributed by atoms with Crippen molar-refractivity contribution in [3.05, 3.63) is 12.2 Å². The summed E-state index contributed by atoms with van der Waals surface area (Å²) in [6.45, 7) is 1.65. The van der Waals surface area contributed by atoms with Crippen molar-refractivity contribution in [3.63, 3.8) is 0 Å². The third kappa shape index (κ3) is 19.1. The highest BCUT2D eigenvalue weighted by Crippen LogP contribution is 2.33. The molecule has 3 aliphatic heterocycles. The number of unbranched alkanes of at least 4 members (excludes halogenated alkanes) is 15. The van der Waals surface area contributed by atoms with E-state index in [9.17, 15) is 61.0 Å². The molecule has 12 N–H and O–H groups in total. The van der Waals surface area contributed by atoms with Crippen molar-refractivity contribution in [2.75, 3.05) is 26.4 Å². The van der Waals surface area contributed by atoms with Gasteiger partial charge in [-0.1, -0.05) is 109 Å². The molecule has 0 aromatic rings. The number of ether oxygens (including phenoxy) is 6. The maximum absolute atomic E-state index is 13.1. The first-order valence-electron chi connectivity index (χ1n) is 24.4. The Morgan fingerprint density at radius 3 is 1.49 bits per heavy atom. The molecular weight excluding hydrogens is 854 g/mol. The van der Waals surface area contributed by atoms with Crippen molar-refractivity contribution in [2.45, 2.75) is 247 Å². The highest BCUT2D eigenvalue weighted by Gasteiger charge is 2.53. The maximum Gasteiger partial charge on any atom is 0.220 e. The van der Waals surface area contributed by atoms with Gasteiger partial charge in [0.1, 0.15) is 73.2 Å². The normalized spacial score (nSPS) is 34.2. The molecule has 17 atom stereocenters. The highest BCUT2D eigenvalue weighted by atomic mass is 16.8. The topological polar surface area (TPSA) is 307 Å². The van der Waals surface area contributed by atoms with Gasteiger partial charge in [0.25, 0.3) is 0 Å². The lowest BCUT2D eigenvalue weighted by Crippen LogP contribution is -2.66. The van der Waals surface area contributed by atoms with Gasteiger partial charge in [-0.3, -0.25) is 4.79 Å². The van der Waals surface area contributed by atoms with Crippen molar-refractivity contribution >= 4 is 5.91 Å². The molecule has 17 unspecified atom stereocenters. The first-order chi connectivity index (χ1) is 31.3.